The van der Waals surface area contributed by atoms with Crippen LogP contribution in [0.2, 0.25) is 5.02 Å². The van der Waals surface area contributed by atoms with E-state index in [1.54, 1.807) is 42.5 Å². The molecule has 4 aromatic rings. The van der Waals surface area contributed by atoms with E-state index in [2.05, 4.69) is 25.8 Å². The van der Waals surface area contributed by atoms with Crippen LogP contribution in [0.4, 0.5) is 5.82 Å². The molecule has 0 spiro atoms. The monoisotopic (exact) mass is 493 g/mol. The molecule has 29 heavy (non-hydrogen) atoms. The fourth-order valence-electron chi connectivity index (χ4n) is 2.86. The molecule has 7 nitrogen and oxygen atoms in total. The van der Waals surface area contributed by atoms with Gasteiger partial charge >= 0.3 is 0 Å². The zero-order chi connectivity index (χ0) is 20.5. The highest BCUT2D eigenvalue weighted by Gasteiger charge is 2.15. The van der Waals surface area contributed by atoms with Crippen LogP contribution in [0.5, 0.6) is 5.75 Å². The van der Waals surface area contributed by atoms with E-state index in [-0.39, 0.29) is 5.56 Å². The summed E-state index contributed by atoms with van der Waals surface area (Å²) in [7, 11) is -0.0299. The van der Waals surface area contributed by atoms with Crippen LogP contribution in [-0.4, -0.2) is 21.0 Å². The maximum atomic E-state index is 12.7. The molecule has 0 fully saturated rings. The minimum absolute atomic E-state index is 0.246. The molecule has 2 aromatic carbocycles. The molecule has 1 atom stereocenters. The average Bonchev–Trinajstić information content (AvgIpc) is 3.22. The second-order valence-electron chi connectivity index (χ2n) is 5.92. The van der Waals surface area contributed by atoms with Gasteiger partial charge in [-0.05, 0) is 52.3 Å². The minimum atomic E-state index is -1.55. The number of hydrogen-bond acceptors (Lipinski definition) is 5. The third-order valence-electron chi connectivity index (χ3n) is 4.18. The number of halogens is 2. The first-order chi connectivity index (χ1) is 14.0. The van der Waals surface area contributed by atoms with E-state index in [4.69, 9.17) is 20.9 Å². The van der Waals surface area contributed by atoms with Gasteiger partial charge in [0, 0.05) is 22.0 Å². The van der Waals surface area contributed by atoms with Gasteiger partial charge in [-0.1, -0.05) is 16.8 Å². The topological polar surface area (TPSA) is 86.4 Å². The molecule has 0 aliphatic carbocycles. The third kappa shape index (κ3) is 3.81. The molecule has 0 aliphatic heterocycles. The number of nitrogens with zero attached hydrogens (tertiary/aromatic N) is 2. The van der Waals surface area contributed by atoms with E-state index >= 15 is 0 Å². The van der Waals surface area contributed by atoms with Crippen molar-refractivity contribution in [3.63, 3.8) is 0 Å². The van der Waals surface area contributed by atoms with E-state index in [0.29, 0.717) is 37.2 Å². The Morgan fingerprint density at radius 1 is 1.21 bits per heavy atom. The van der Waals surface area contributed by atoms with Crippen LogP contribution in [0.3, 0.4) is 0 Å². The van der Waals surface area contributed by atoms with Gasteiger partial charge in [-0.15, -0.1) is 0 Å². The molecule has 148 valence electrons. The Kier molecular flexibility index (Phi) is 5.44. The molecular weight excluding hydrogens is 482 g/mol. The van der Waals surface area contributed by atoms with Crippen molar-refractivity contribution >= 4 is 55.2 Å². The van der Waals surface area contributed by atoms with Crippen LogP contribution in [0.15, 0.2) is 73.5 Å². The smallest absolute Gasteiger partial charge is 0.255 e. The molecule has 4 rings (SSSR count). The zero-order valence-corrected chi connectivity index (χ0v) is 18.0. The molecule has 1 unspecified atom stereocenters. The van der Waals surface area contributed by atoms with Gasteiger partial charge < -0.3 is 9.26 Å². The van der Waals surface area contributed by atoms with Gasteiger partial charge in [-0.2, -0.15) is 0 Å². The van der Waals surface area contributed by atoms with E-state index in [9.17, 15) is 9.00 Å². The van der Waals surface area contributed by atoms with Gasteiger partial charge in [0.25, 0.3) is 5.56 Å². The summed E-state index contributed by atoms with van der Waals surface area (Å²) in [5.41, 5.74) is 0.881. The Morgan fingerprint density at radius 2 is 2.03 bits per heavy atom. The average molecular weight is 495 g/mol. The quantitative estimate of drug-likeness (QED) is 0.440. The highest BCUT2D eigenvalue weighted by Crippen LogP contribution is 2.34. The van der Waals surface area contributed by atoms with Gasteiger partial charge in [-0.3, -0.25) is 14.1 Å². The van der Waals surface area contributed by atoms with E-state index in [1.165, 1.54) is 24.0 Å². The van der Waals surface area contributed by atoms with Crippen molar-refractivity contribution in [1.29, 1.82) is 0 Å². The van der Waals surface area contributed by atoms with Crippen molar-refractivity contribution < 1.29 is 13.5 Å². The summed E-state index contributed by atoms with van der Waals surface area (Å²) in [4.78, 5) is 13.2. The first-order valence-electron chi connectivity index (χ1n) is 8.26. The Bertz CT molecular complexity index is 1290. The standard InChI is InChI=1S/C19H13BrClN3O4S/c1-27-17-9-13(20)14(21)10-16(17)24-15-4-3-12(8-11(15)2-5-19(24)25)29(26)23-18-6-7-28-22-18/h2-10H,1H3,(H,22,23). The molecular formula is C19H13BrClN3O4S. The molecule has 0 saturated heterocycles. The van der Waals surface area contributed by atoms with Crippen molar-refractivity contribution in [2.75, 3.05) is 11.8 Å². The van der Waals surface area contributed by atoms with Crippen molar-refractivity contribution in [1.82, 2.24) is 9.72 Å². The summed E-state index contributed by atoms with van der Waals surface area (Å²) in [6, 6.07) is 13.2. The molecule has 0 saturated carbocycles. The number of methoxy groups -OCH3 is 1. The number of fused-ring (bicyclic) bond motifs is 1. The van der Waals surface area contributed by atoms with E-state index in [0.717, 1.165) is 5.39 Å². The summed E-state index contributed by atoms with van der Waals surface area (Å²) in [6.45, 7) is 0. The molecule has 10 heteroatoms. The molecule has 0 amide bonds. The highest BCUT2D eigenvalue weighted by molar-refractivity contribution is 9.10. The summed E-state index contributed by atoms with van der Waals surface area (Å²) in [6.07, 6.45) is 1.38. The Labute approximate surface area is 180 Å². The summed E-state index contributed by atoms with van der Waals surface area (Å²) >= 11 is 9.61. The predicted octanol–water partition coefficient (Wildman–Crippen LogP) is 4.54. The number of nitrogens with one attached hydrogen (secondary N) is 1. The lowest BCUT2D eigenvalue weighted by atomic mass is 10.2. The number of benzene rings is 2. The van der Waals surface area contributed by atoms with Crippen LogP contribution in [0, 0.1) is 0 Å². The van der Waals surface area contributed by atoms with Gasteiger partial charge in [0.15, 0.2) is 16.8 Å². The fourth-order valence-corrected chi connectivity index (χ4v) is 4.18. The van der Waals surface area contributed by atoms with Crippen LogP contribution >= 0.6 is 27.5 Å². The maximum Gasteiger partial charge on any atom is 0.255 e. The molecule has 0 bridgehead atoms. The van der Waals surface area contributed by atoms with Gasteiger partial charge in [0.05, 0.1) is 28.2 Å². The minimum Gasteiger partial charge on any atom is -0.495 e. The molecule has 1 N–H and O–H groups in total. The van der Waals surface area contributed by atoms with Gasteiger partial charge in [0.2, 0.25) is 0 Å². The Morgan fingerprint density at radius 3 is 2.76 bits per heavy atom. The van der Waals surface area contributed by atoms with Gasteiger partial charge in [0.1, 0.15) is 12.0 Å². The van der Waals surface area contributed by atoms with E-state index < -0.39 is 11.0 Å². The lowest BCUT2D eigenvalue weighted by molar-refractivity contribution is 0.412. The predicted molar refractivity (Wildman–Crippen MR) is 115 cm³/mol. The number of aromatic nitrogens is 2. The second-order valence-corrected chi connectivity index (χ2v) is 8.40. The van der Waals surface area contributed by atoms with Gasteiger partial charge in [-0.25, -0.2) is 4.21 Å². The SMILES string of the molecule is COc1cc(Br)c(Cl)cc1-n1c(=O)ccc2cc(S(=O)Nc3ccon3)ccc21. The largest absolute Gasteiger partial charge is 0.495 e. The van der Waals surface area contributed by atoms with Crippen LogP contribution in [0.1, 0.15) is 0 Å². The van der Waals surface area contributed by atoms with Crippen molar-refractivity contribution in [2.45, 2.75) is 4.90 Å². The number of anilines is 1. The van der Waals surface area contributed by atoms with Crippen LogP contribution < -0.4 is 15.0 Å². The maximum absolute atomic E-state index is 12.7. The van der Waals surface area contributed by atoms with Crippen molar-refractivity contribution in [2.24, 2.45) is 0 Å². The summed E-state index contributed by atoms with van der Waals surface area (Å²) < 4.78 is 27.6. The lowest BCUT2D eigenvalue weighted by Crippen LogP contribution is -2.18. The third-order valence-corrected chi connectivity index (χ3v) is 6.45. The zero-order valence-electron chi connectivity index (χ0n) is 14.9. The fraction of sp³-hybridized carbons (Fsp3) is 0.0526. The number of rotatable bonds is 5. The van der Waals surface area contributed by atoms with Crippen LogP contribution in [0.25, 0.3) is 16.6 Å². The molecule has 0 aliphatic rings. The normalized spacial score (nSPS) is 12.1. The Hall–Kier alpha value is -2.62. The highest BCUT2D eigenvalue weighted by atomic mass is 79.9. The second kappa shape index (κ2) is 8.02. The van der Waals surface area contributed by atoms with Crippen molar-refractivity contribution in [3.05, 3.63) is 74.6 Å². The number of hydrogen-bond donors (Lipinski definition) is 1. The van der Waals surface area contributed by atoms with Crippen molar-refractivity contribution in [3.8, 4) is 11.4 Å². The molecule has 2 heterocycles. The number of pyridine rings is 1. The Balaban J connectivity index is 1.84. The molecule has 0 radical (unpaired) electrons. The number of ether oxygens (including phenoxy) is 1. The first kappa shape index (κ1) is 19.7. The summed E-state index contributed by atoms with van der Waals surface area (Å²) in [5, 5.41) is 4.85. The lowest BCUT2D eigenvalue weighted by Gasteiger charge is -2.15. The summed E-state index contributed by atoms with van der Waals surface area (Å²) in [5.74, 6) is 0.846. The molecule has 2 aromatic heterocycles. The van der Waals surface area contributed by atoms with Crippen LogP contribution in [-0.2, 0) is 11.0 Å². The van der Waals surface area contributed by atoms with E-state index in [1.807, 2.05) is 0 Å². The first-order valence-corrected chi connectivity index (χ1v) is 10.6.